The van der Waals surface area contributed by atoms with Crippen molar-refractivity contribution in [2.45, 2.75) is 12.1 Å². The summed E-state index contributed by atoms with van der Waals surface area (Å²) >= 11 is 5.90. The van der Waals surface area contributed by atoms with Gasteiger partial charge in [0.05, 0.1) is 13.2 Å². The fraction of sp³-hybridized carbons (Fsp3) is 0.278. The number of ether oxygens (including phenoxy) is 1. The summed E-state index contributed by atoms with van der Waals surface area (Å²) in [5.41, 5.74) is -0.402. The third kappa shape index (κ3) is 3.15. The summed E-state index contributed by atoms with van der Waals surface area (Å²) in [6, 6.07) is 6.58. The monoisotopic (exact) mass is 374 g/mol. The quantitative estimate of drug-likeness (QED) is 0.726. The maximum Gasteiger partial charge on any atom is 0.158 e. The summed E-state index contributed by atoms with van der Waals surface area (Å²) in [6.07, 6.45) is 3.62. The molecule has 1 aliphatic rings. The Hall–Kier alpha value is -2.51. The van der Waals surface area contributed by atoms with Crippen molar-refractivity contribution in [1.82, 2.24) is 15.2 Å². The van der Waals surface area contributed by atoms with E-state index in [0.717, 1.165) is 5.39 Å². The Bertz CT molecular complexity index is 963. The number of phenols is 1. The zero-order valence-electron chi connectivity index (χ0n) is 13.7. The molecule has 3 aromatic rings. The molecule has 26 heavy (non-hydrogen) atoms. The van der Waals surface area contributed by atoms with E-state index in [1.807, 2.05) is 0 Å². The van der Waals surface area contributed by atoms with Gasteiger partial charge in [-0.25, -0.2) is 4.39 Å². The first-order valence-corrected chi connectivity index (χ1v) is 8.53. The smallest absolute Gasteiger partial charge is 0.158 e. The van der Waals surface area contributed by atoms with Crippen molar-refractivity contribution in [2.24, 2.45) is 0 Å². The third-order valence-corrected chi connectivity index (χ3v) is 4.66. The number of hydrogen-bond acceptors (Lipinski definition) is 6. The second kappa shape index (κ2) is 6.66. The van der Waals surface area contributed by atoms with Crippen molar-refractivity contribution >= 4 is 28.2 Å². The molecule has 1 aliphatic heterocycles. The van der Waals surface area contributed by atoms with E-state index in [1.165, 1.54) is 6.07 Å². The van der Waals surface area contributed by atoms with Crippen LogP contribution in [-0.4, -0.2) is 45.7 Å². The zero-order valence-corrected chi connectivity index (χ0v) is 14.5. The fourth-order valence-corrected chi connectivity index (χ4v) is 3.16. The van der Waals surface area contributed by atoms with Gasteiger partial charge in [0.1, 0.15) is 11.4 Å². The van der Waals surface area contributed by atoms with Crippen LogP contribution in [0, 0.1) is 0 Å². The molecule has 1 fully saturated rings. The Morgan fingerprint density at radius 3 is 2.92 bits per heavy atom. The largest absolute Gasteiger partial charge is 0.507 e. The number of alkyl halides is 1. The maximum atomic E-state index is 14.5. The summed E-state index contributed by atoms with van der Waals surface area (Å²) in [7, 11) is 0. The summed E-state index contributed by atoms with van der Waals surface area (Å²) < 4.78 is 19.7. The third-order valence-electron chi connectivity index (χ3n) is 4.42. The first-order chi connectivity index (χ1) is 12.6. The lowest BCUT2D eigenvalue weighted by molar-refractivity contribution is 0.121. The minimum absolute atomic E-state index is 0.0106. The van der Waals surface area contributed by atoms with Crippen molar-refractivity contribution < 1.29 is 14.2 Å². The molecule has 0 bridgehead atoms. The van der Waals surface area contributed by atoms with E-state index in [2.05, 4.69) is 20.5 Å². The Morgan fingerprint density at radius 2 is 2.15 bits per heavy atom. The van der Waals surface area contributed by atoms with Gasteiger partial charge >= 0.3 is 0 Å². The number of nitrogens with one attached hydrogen (secondary N) is 1. The number of phenolic OH excluding ortho intramolecular Hbond substituents is 1. The average molecular weight is 375 g/mol. The number of anilines is 1. The molecule has 3 heterocycles. The standard InChI is InChI=1S/C18H16ClFN4O2/c19-11-1-2-13(15(25)7-11)16-12-3-5-21-8-14(12)17(24-23-16)22-9-18(20)4-6-26-10-18/h1-3,5,7-8,25H,4,6,9-10H2,(H,22,24)/t18-/m0/s1. The van der Waals surface area contributed by atoms with Gasteiger partial charge < -0.3 is 15.2 Å². The molecular formula is C18H16ClFN4O2. The van der Waals surface area contributed by atoms with Gasteiger partial charge in [-0.05, 0) is 24.3 Å². The number of pyridine rings is 1. The SMILES string of the molecule is Oc1cc(Cl)ccc1-c1nnc(NC[C@@]2(F)CCOC2)c2cnccc12. The van der Waals surface area contributed by atoms with Crippen LogP contribution in [0.2, 0.25) is 5.02 Å². The number of hydrogen-bond donors (Lipinski definition) is 2. The van der Waals surface area contributed by atoms with Crippen molar-refractivity contribution in [3.8, 4) is 17.0 Å². The van der Waals surface area contributed by atoms with Gasteiger partial charge in [0.25, 0.3) is 0 Å². The molecule has 0 amide bonds. The maximum absolute atomic E-state index is 14.5. The van der Waals surface area contributed by atoms with Crippen LogP contribution in [0.4, 0.5) is 10.2 Å². The lowest BCUT2D eigenvalue weighted by atomic mass is 10.0. The molecule has 4 rings (SSSR count). The van der Waals surface area contributed by atoms with Crippen LogP contribution < -0.4 is 5.32 Å². The number of benzene rings is 1. The first kappa shape index (κ1) is 16.9. The lowest BCUT2D eigenvalue weighted by Crippen LogP contribution is -2.32. The van der Waals surface area contributed by atoms with E-state index < -0.39 is 5.67 Å². The molecule has 0 aliphatic carbocycles. The predicted molar refractivity (Wildman–Crippen MR) is 97.2 cm³/mol. The number of halogens is 2. The summed E-state index contributed by atoms with van der Waals surface area (Å²) in [4.78, 5) is 4.13. The predicted octanol–water partition coefficient (Wildman–Crippen LogP) is 3.59. The second-order valence-electron chi connectivity index (χ2n) is 6.29. The molecule has 2 N–H and O–H groups in total. The van der Waals surface area contributed by atoms with Crippen LogP contribution in [0.15, 0.2) is 36.7 Å². The number of nitrogens with zero attached hydrogens (tertiary/aromatic N) is 3. The van der Waals surface area contributed by atoms with Crippen LogP contribution in [0.3, 0.4) is 0 Å². The number of aromatic hydroxyl groups is 1. The van der Waals surface area contributed by atoms with E-state index in [9.17, 15) is 9.50 Å². The Kier molecular flexibility index (Phi) is 4.34. The zero-order chi connectivity index (χ0) is 18.1. The highest BCUT2D eigenvalue weighted by Crippen LogP contribution is 2.35. The van der Waals surface area contributed by atoms with Gasteiger partial charge in [0, 0.05) is 46.8 Å². The van der Waals surface area contributed by atoms with E-state index in [4.69, 9.17) is 16.3 Å². The first-order valence-electron chi connectivity index (χ1n) is 8.16. The van der Waals surface area contributed by atoms with Crippen molar-refractivity contribution in [3.05, 3.63) is 41.7 Å². The van der Waals surface area contributed by atoms with Gasteiger partial charge in [0.15, 0.2) is 11.5 Å². The van der Waals surface area contributed by atoms with Crippen LogP contribution in [0.1, 0.15) is 6.42 Å². The molecule has 1 saturated heterocycles. The summed E-state index contributed by atoms with van der Waals surface area (Å²) in [6.45, 7) is 0.568. The molecule has 0 radical (unpaired) electrons. The minimum atomic E-state index is -1.41. The Morgan fingerprint density at radius 1 is 1.27 bits per heavy atom. The summed E-state index contributed by atoms with van der Waals surface area (Å²) in [5.74, 6) is 0.450. The molecule has 134 valence electrons. The van der Waals surface area contributed by atoms with E-state index >= 15 is 0 Å². The second-order valence-corrected chi connectivity index (χ2v) is 6.72. The molecule has 1 aromatic carbocycles. The van der Waals surface area contributed by atoms with Crippen molar-refractivity contribution in [1.29, 1.82) is 0 Å². The molecule has 0 spiro atoms. The van der Waals surface area contributed by atoms with E-state index in [-0.39, 0.29) is 18.9 Å². The van der Waals surface area contributed by atoms with E-state index in [1.54, 1.807) is 30.6 Å². The van der Waals surface area contributed by atoms with Crippen molar-refractivity contribution in [2.75, 3.05) is 25.1 Å². The van der Waals surface area contributed by atoms with Crippen LogP contribution in [0.5, 0.6) is 5.75 Å². The minimum Gasteiger partial charge on any atom is -0.507 e. The molecule has 2 aromatic heterocycles. The van der Waals surface area contributed by atoms with Gasteiger partial charge in [-0.3, -0.25) is 4.98 Å². The van der Waals surface area contributed by atoms with Crippen molar-refractivity contribution in [3.63, 3.8) is 0 Å². The number of rotatable bonds is 4. The highest BCUT2D eigenvalue weighted by Gasteiger charge is 2.34. The van der Waals surface area contributed by atoms with Gasteiger partial charge in [-0.1, -0.05) is 11.6 Å². The average Bonchev–Trinajstić information content (AvgIpc) is 3.07. The van der Waals surface area contributed by atoms with Gasteiger partial charge in [0.2, 0.25) is 0 Å². The normalized spacial score (nSPS) is 19.8. The Balaban J connectivity index is 1.73. The van der Waals surface area contributed by atoms with Crippen LogP contribution in [-0.2, 0) is 4.74 Å². The summed E-state index contributed by atoms with van der Waals surface area (Å²) in [5, 5.41) is 23.5. The fourth-order valence-electron chi connectivity index (χ4n) is 3.00. The highest BCUT2D eigenvalue weighted by atomic mass is 35.5. The van der Waals surface area contributed by atoms with Crippen LogP contribution in [0.25, 0.3) is 22.0 Å². The molecule has 6 nitrogen and oxygen atoms in total. The molecule has 8 heteroatoms. The highest BCUT2D eigenvalue weighted by molar-refractivity contribution is 6.30. The van der Waals surface area contributed by atoms with Crippen LogP contribution >= 0.6 is 11.6 Å². The topological polar surface area (TPSA) is 80.2 Å². The molecular weight excluding hydrogens is 359 g/mol. The van der Waals surface area contributed by atoms with Gasteiger partial charge in [-0.15, -0.1) is 10.2 Å². The number of fused-ring (bicyclic) bond motifs is 1. The lowest BCUT2D eigenvalue weighted by Gasteiger charge is -2.19. The van der Waals surface area contributed by atoms with E-state index in [0.29, 0.717) is 40.5 Å². The number of aromatic nitrogens is 3. The molecule has 0 saturated carbocycles. The van der Waals surface area contributed by atoms with Gasteiger partial charge in [-0.2, -0.15) is 0 Å². The molecule has 0 unspecified atom stereocenters. The Labute approximate surface area is 154 Å². The molecule has 1 atom stereocenters.